The molecule has 0 atom stereocenters. The molecule has 1 aromatic heterocycles. The number of para-hydroxylation sites is 1. The third-order valence-electron chi connectivity index (χ3n) is 3.79. The van der Waals surface area contributed by atoms with Gasteiger partial charge >= 0.3 is 0 Å². The minimum Gasteiger partial charge on any atom is -0.494 e. The fraction of sp³-hybridized carbons (Fsp3) is 0.190. The number of carbonyl (C=O) groups is 2. The van der Waals surface area contributed by atoms with Crippen molar-refractivity contribution in [3.63, 3.8) is 0 Å². The van der Waals surface area contributed by atoms with E-state index in [9.17, 15) is 9.59 Å². The third kappa shape index (κ3) is 6.07. The zero-order valence-electron chi connectivity index (χ0n) is 16.1. The minimum absolute atomic E-state index is 0.191. The van der Waals surface area contributed by atoms with E-state index in [1.807, 2.05) is 19.2 Å². The molecule has 2 aromatic carbocycles. The maximum absolute atomic E-state index is 12.7. The van der Waals surface area contributed by atoms with Crippen LogP contribution in [0.1, 0.15) is 23.0 Å². The summed E-state index contributed by atoms with van der Waals surface area (Å²) in [5.41, 5.74) is 2.45. The van der Waals surface area contributed by atoms with Crippen molar-refractivity contribution in [1.82, 2.24) is 4.98 Å². The Bertz CT molecular complexity index is 987. The van der Waals surface area contributed by atoms with Gasteiger partial charge in [0.2, 0.25) is 5.91 Å². The molecule has 0 bridgehead atoms. The van der Waals surface area contributed by atoms with Crippen LogP contribution >= 0.6 is 23.1 Å². The molecule has 6 nitrogen and oxygen atoms in total. The number of ether oxygens (including phenoxy) is 1. The Morgan fingerprint density at radius 1 is 1.10 bits per heavy atom. The number of nitrogens with zero attached hydrogens (tertiary/aromatic N) is 1. The number of rotatable bonds is 8. The average Bonchev–Trinajstić information content (AvgIpc) is 3.14. The highest BCUT2D eigenvalue weighted by atomic mass is 32.2. The fourth-order valence-electron chi connectivity index (χ4n) is 2.50. The van der Waals surface area contributed by atoms with Gasteiger partial charge in [-0.3, -0.25) is 9.59 Å². The highest BCUT2D eigenvalue weighted by Gasteiger charge is 2.14. The maximum Gasteiger partial charge on any atom is 0.257 e. The Morgan fingerprint density at radius 2 is 1.86 bits per heavy atom. The van der Waals surface area contributed by atoms with Crippen molar-refractivity contribution in [2.24, 2.45) is 0 Å². The predicted molar refractivity (Wildman–Crippen MR) is 118 cm³/mol. The van der Waals surface area contributed by atoms with Crippen LogP contribution in [0.5, 0.6) is 5.75 Å². The molecule has 0 fully saturated rings. The SMILES string of the molecule is CCOc1ccc(NC(=O)c2ccccc2NC(=O)CSc2nc(C)cs2)cc1. The Labute approximate surface area is 177 Å². The number of benzene rings is 2. The van der Waals surface area contributed by atoms with Crippen LogP contribution in [0.2, 0.25) is 0 Å². The van der Waals surface area contributed by atoms with Crippen molar-refractivity contribution in [3.05, 3.63) is 65.2 Å². The molecule has 8 heteroatoms. The summed E-state index contributed by atoms with van der Waals surface area (Å²) in [6.45, 7) is 4.41. The first-order chi connectivity index (χ1) is 14.0. The Balaban J connectivity index is 1.62. The summed E-state index contributed by atoms with van der Waals surface area (Å²) in [5, 5.41) is 7.60. The van der Waals surface area contributed by atoms with Gasteiger partial charge in [0.25, 0.3) is 5.91 Å². The average molecular weight is 428 g/mol. The molecule has 1 heterocycles. The molecule has 3 aromatic rings. The lowest BCUT2D eigenvalue weighted by Gasteiger charge is -2.12. The lowest BCUT2D eigenvalue weighted by Crippen LogP contribution is -2.19. The number of hydrogen-bond acceptors (Lipinski definition) is 6. The molecule has 0 saturated heterocycles. The molecule has 29 heavy (non-hydrogen) atoms. The van der Waals surface area contributed by atoms with E-state index in [-0.39, 0.29) is 17.6 Å². The van der Waals surface area contributed by atoms with Crippen molar-refractivity contribution < 1.29 is 14.3 Å². The van der Waals surface area contributed by atoms with Gasteiger partial charge < -0.3 is 15.4 Å². The first kappa shape index (κ1) is 20.9. The fourth-order valence-corrected chi connectivity index (χ4v) is 4.15. The largest absolute Gasteiger partial charge is 0.494 e. The number of carbonyl (C=O) groups excluding carboxylic acids is 2. The van der Waals surface area contributed by atoms with Crippen molar-refractivity contribution in [2.75, 3.05) is 23.0 Å². The Morgan fingerprint density at radius 3 is 2.55 bits per heavy atom. The minimum atomic E-state index is -0.298. The molecule has 0 aliphatic heterocycles. The van der Waals surface area contributed by atoms with E-state index in [2.05, 4.69) is 15.6 Å². The number of thioether (sulfide) groups is 1. The molecular formula is C21H21N3O3S2. The van der Waals surface area contributed by atoms with E-state index in [4.69, 9.17) is 4.74 Å². The van der Waals surface area contributed by atoms with Crippen LogP contribution in [0.4, 0.5) is 11.4 Å². The van der Waals surface area contributed by atoms with E-state index in [1.54, 1.807) is 48.5 Å². The smallest absolute Gasteiger partial charge is 0.257 e. The number of thiazole rings is 1. The lowest BCUT2D eigenvalue weighted by atomic mass is 10.1. The van der Waals surface area contributed by atoms with Gasteiger partial charge in [0.05, 0.1) is 23.6 Å². The monoisotopic (exact) mass is 427 g/mol. The van der Waals surface area contributed by atoms with Crippen LogP contribution < -0.4 is 15.4 Å². The van der Waals surface area contributed by atoms with Crippen molar-refractivity contribution in [3.8, 4) is 5.75 Å². The van der Waals surface area contributed by atoms with Crippen molar-refractivity contribution >= 4 is 46.3 Å². The Kier molecular flexibility index (Phi) is 7.26. The highest BCUT2D eigenvalue weighted by molar-refractivity contribution is 8.01. The van der Waals surface area contributed by atoms with Gasteiger partial charge in [-0.15, -0.1) is 11.3 Å². The summed E-state index contributed by atoms with van der Waals surface area (Å²) in [6, 6.07) is 14.1. The third-order valence-corrected chi connectivity index (χ3v) is 5.93. The van der Waals surface area contributed by atoms with Crippen LogP contribution in [0, 0.1) is 6.92 Å². The Hall–Kier alpha value is -2.84. The van der Waals surface area contributed by atoms with E-state index in [0.717, 1.165) is 15.8 Å². The molecule has 2 amide bonds. The van der Waals surface area contributed by atoms with E-state index < -0.39 is 0 Å². The summed E-state index contributed by atoms with van der Waals surface area (Å²) < 4.78 is 6.25. The molecule has 2 N–H and O–H groups in total. The molecule has 0 aliphatic carbocycles. The normalized spacial score (nSPS) is 10.4. The van der Waals surface area contributed by atoms with E-state index >= 15 is 0 Å². The number of aromatic nitrogens is 1. The van der Waals surface area contributed by atoms with Crippen molar-refractivity contribution in [2.45, 2.75) is 18.2 Å². The first-order valence-corrected chi connectivity index (χ1v) is 10.9. The molecule has 0 radical (unpaired) electrons. The first-order valence-electron chi connectivity index (χ1n) is 9.03. The molecule has 3 rings (SSSR count). The quantitative estimate of drug-likeness (QED) is 0.503. The molecule has 0 aliphatic rings. The van der Waals surface area contributed by atoms with Crippen LogP contribution in [-0.4, -0.2) is 29.2 Å². The van der Waals surface area contributed by atoms with Gasteiger partial charge in [-0.25, -0.2) is 4.98 Å². The molecule has 0 spiro atoms. The van der Waals surface area contributed by atoms with Crippen LogP contribution in [0.25, 0.3) is 0 Å². The summed E-state index contributed by atoms with van der Waals surface area (Å²) in [5.74, 6) is 0.477. The van der Waals surface area contributed by atoms with Gasteiger partial charge in [-0.05, 0) is 50.2 Å². The van der Waals surface area contributed by atoms with Crippen molar-refractivity contribution in [1.29, 1.82) is 0 Å². The zero-order chi connectivity index (χ0) is 20.6. The second kappa shape index (κ2) is 10.1. The van der Waals surface area contributed by atoms with Crippen LogP contribution in [0.15, 0.2) is 58.3 Å². The topological polar surface area (TPSA) is 80.3 Å². The van der Waals surface area contributed by atoms with E-state index in [0.29, 0.717) is 23.5 Å². The molecule has 150 valence electrons. The second-order valence-electron chi connectivity index (χ2n) is 6.05. The number of nitrogens with one attached hydrogen (secondary N) is 2. The highest BCUT2D eigenvalue weighted by Crippen LogP contribution is 2.23. The van der Waals surface area contributed by atoms with Gasteiger partial charge in [-0.1, -0.05) is 23.9 Å². The van der Waals surface area contributed by atoms with Gasteiger partial charge in [0.1, 0.15) is 5.75 Å². The number of aryl methyl sites for hydroxylation is 1. The van der Waals surface area contributed by atoms with Crippen LogP contribution in [0.3, 0.4) is 0 Å². The predicted octanol–water partition coefficient (Wildman–Crippen LogP) is 4.83. The summed E-state index contributed by atoms with van der Waals surface area (Å²) in [4.78, 5) is 29.4. The van der Waals surface area contributed by atoms with Gasteiger partial charge in [0.15, 0.2) is 4.34 Å². The molecular weight excluding hydrogens is 406 g/mol. The number of anilines is 2. The summed E-state index contributed by atoms with van der Waals surface area (Å²) in [7, 11) is 0. The number of hydrogen-bond donors (Lipinski definition) is 2. The zero-order valence-corrected chi connectivity index (χ0v) is 17.7. The molecule has 0 saturated carbocycles. The maximum atomic E-state index is 12.7. The van der Waals surface area contributed by atoms with E-state index in [1.165, 1.54) is 23.1 Å². The summed E-state index contributed by atoms with van der Waals surface area (Å²) >= 11 is 2.88. The van der Waals surface area contributed by atoms with Crippen LogP contribution in [-0.2, 0) is 4.79 Å². The standard InChI is InChI=1S/C21H21N3O3S2/c1-3-27-16-10-8-15(9-11-16)23-20(26)17-6-4-5-7-18(17)24-19(25)13-29-21-22-14(2)12-28-21/h4-12H,3,13H2,1-2H3,(H,23,26)(H,24,25). The lowest BCUT2D eigenvalue weighted by molar-refractivity contribution is -0.113. The van der Waals surface area contributed by atoms with Gasteiger partial charge in [-0.2, -0.15) is 0 Å². The summed E-state index contributed by atoms with van der Waals surface area (Å²) in [6.07, 6.45) is 0. The van der Waals surface area contributed by atoms with Gasteiger partial charge in [0, 0.05) is 16.8 Å². The second-order valence-corrected chi connectivity index (χ2v) is 8.13. The molecule has 0 unspecified atom stereocenters. The number of amides is 2.